The fraction of sp³-hybridized carbons (Fsp3) is 0.0588. The van der Waals surface area contributed by atoms with Crippen LogP contribution in [0.3, 0.4) is 0 Å². The molecule has 1 N–H and O–H groups in total. The lowest BCUT2D eigenvalue weighted by Gasteiger charge is -2.18. The lowest BCUT2D eigenvalue weighted by atomic mass is 10.1. The van der Waals surface area contributed by atoms with E-state index < -0.39 is 0 Å². The molecular formula is C17H11BrN2O2S. The minimum absolute atomic E-state index is 0.0662. The van der Waals surface area contributed by atoms with E-state index in [1.807, 2.05) is 47.8 Å². The van der Waals surface area contributed by atoms with Gasteiger partial charge in [0.2, 0.25) is 0 Å². The monoisotopic (exact) mass is 386 g/mol. The normalized spacial score (nSPS) is 13.2. The molecule has 1 aliphatic heterocycles. The van der Waals surface area contributed by atoms with Crippen LogP contribution in [0.15, 0.2) is 52.3 Å². The summed E-state index contributed by atoms with van der Waals surface area (Å²) in [7, 11) is 0. The second-order valence-electron chi connectivity index (χ2n) is 5.09. The maximum absolute atomic E-state index is 11.4. The third-order valence-electron chi connectivity index (χ3n) is 3.50. The molecule has 0 radical (unpaired) electrons. The molecule has 6 heteroatoms. The molecule has 0 fully saturated rings. The smallest absolute Gasteiger partial charge is 0.262 e. The summed E-state index contributed by atoms with van der Waals surface area (Å²) in [5, 5.41) is 5.80. The van der Waals surface area contributed by atoms with E-state index in [4.69, 9.17) is 9.72 Å². The average Bonchev–Trinajstić information content (AvgIpc) is 3.05. The van der Waals surface area contributed by atoms with Crippen molar-refractivity contribution in [2.45, 2.75) is 0 Å². The molecule has 2 heterocycles. The molecule has 0 aliphatic carbocycles. The summed E-state index contributed by atoms with van der Waals surface area (Å²) in [5.41, 5.74) is 3.61. The van der Waals surface area contributed by atoms with Gasteiger partial charge in [-0.05, 0) is 30.3 Å². The summed E-state index contributed by atoms with van der Waals surface area (Å²) in [6.07, 6.45) is 0. The van der Waals surface area contributed by atoms with Crippen LogP contribution < -0.4 is 10.1 Å². The predicted octanol–water partition coefficient (Wildman–Crippen LogP) is 4.57. The Labute approximate surface area is 145 Å². The number of nitrogens with one attached hydrogen (secondary N) is 1. The fourth-order valence-electron chi connectivity index (χ4n) is 2.37. The molecule has 0 saturated carbocycles. The van der Waals surface area contributed by atoms with Gasteiger partial charge in [0.1, 0.15) is 10.8 Å². The SMILES string of the molecule is O=C1COc2ccc(-c3csc(-c4ccc(Br)cc4)n3)cc2N1. The van der Waals surface area contributed by atoms with Gasteiger partial charge in [-0.15, -0.1) is 11.3 Å². The number of hydrogen-bond acceptors (Lipinski definition) is 4. The van der Waals surface area contributed by atoms with Crippen molar-refractivity contribution in [3.05, 3.63) is 52.3 Å². The van der Waals surface area contributed by atoms with E-state index >= 15 is 0 Å². The predicted molar refractivity (Wildman–Crippen MR) is 94.8 cm³/mol. The summed E-state index contributed by atoms with van der Waals surface area (Å²) < 4.78 is 6.42. The summed E-state index contributed by atoms with van der Waals surface area (Å²) in [5.74, 6) is 0.556. The minimum Gasteiger partial charge on any atom is -0.482 e. The summed E-state index contributed by atoms with van der Waals surface area (Å²) in [4.78, 5) is 16.1. The molecule has 4 rings (SSSR count). The van der Waals surface area contributed by atoms with E-state index in [0.717, 1.165) is 26.3 Å². The summed E-state index contributed by atoms with van der Waals surface area (Å²) >= 11 is 5.03. The highest BCUT2D eigenvalue weighted by Gasteiger charge is 2.17. The number of benzene rings is 2. The van der Waals surface area contributed by atoms with E-state index in [0.29, 0.717) is 11.4 Å². The zero-order chi connectivity index (χ0) is 15.8. The zero-order valence-electron chi connectivity index (χ0n) is 11.9. The lowest BCUT2D eigenvalue weighted by molar-refractivity contribution is -0.118. The zero-order valence-corrected chi connectivity index (χ0v) is 14.3. The molecule has 2 aromatic carbocycles. The van der Waals surface area contributed by atoms with Crippen molar-refractivity contribution in [1.82, 2.24) is 4.98 Å². The number of rotatable bonds is 2. The Bertz CT molecular complexity index is 890. The third kappa shape index (κ3) is 2.87. The Morgan fingerprint density at radius 3 is 2.74 bits per heavy atom. The molecule has 114 valence electrons. The van der Waals surface area contributed by atoms with Crippen LogP contribution in [0, 0.1) is 0 Å². The van der Waals surface area contributed by atoms with Gasteiger partial charge in [0.25, 0.3) is 5.91 Å². The number of thiazole rings is 1. The molecule has 4 nitrogen and oxygen atoms in total. The van der Waals surface area contributed by atoms with E-state index in [-0.39, 0.29) is 12.5 Å². The van der Waals surface area contributed by atoms with E-state index in [2.05, 4.69) is 21.2 Å². The summed E-state index contributed by atoms with van der Waals surface area (Å²) in [6.45, 7) is 0.0662. The van der Waals surface area contributed by atoms with Crippen molar-refractivity contribution in [2.75, 3.05) is 11.9 Å². The van der Waals surface area contributed by atoms with Crippen molar-refractivity contribution in [3.8, 4) is 27.6 Å². The maximum atomic E-state index is 11.4. The van der Waals surface area contributed by atoms with Gasteiger partial charge in [0.15, 0.2) is 6.61 Å². The van der Waals surface area contributed by atoms with Gasteiger partial charge >= 0.3 is 0 Å². The van der Waals surface area contributed by atoms with E-state index in [1.165, 1.54) is 0 Å². The van der Waals surface area contributed by atoms with Crippen LogP contribution in [-0.2, 0) is 4.79 Å². The number of anilines is 1. The number of nitrogens with zero attached hydrogens (tertiary/aromatic N) is 1. The van der Waals surface area contributed by atoms with Gasteiger partial charge in [-0.25, -0.2) is 4.98 Å². The van der Waals surface area contributed by atoms with E-state index in [1.54, 1.807) is 11.3 Å². The van der Waals surface area contributed by atoms with Crippen LogP contribution in [0.4, 0.5) is 5.69 Å². The van der Waals surface area contributed by atoms with Crippen molar-refractivity contribution in [1.29, 1.82) is 0 Å². The Morgan fingerprint density at radius 1 is 1.13 bits per heavy atom. The average molecular weight is 387 g/mol. The largest absolute Gasteiger partial charge is 0.482 e. The van der Waals surface area contributed by atoms with Crippen LogP contribution in [0.5, 0.6) is 5.75 Å². The van der Waals surface area contributed by atoms with Crippen LogP contribution in [-0.4, -0.2) is 17.5 Å². The molecule has 0 atom stereocenters. The molecule has 1 aromatic heterocycles. The van der Waals surface area contributed by atoms with Crippen LogP contribution in [0.2, 0.25) is 0 Å². The van der Waals surface area contributed by atoms with Crippen molar-refractivity contribution in [2.24, 2.45) is 0 Å². The molecule has 1 amide bonds. The van der Waals surface area contributed by atoms with Crippen molar-refractivity contribution < 1.29 is 9.53 Å². The molecule has 0 bridgehead atoms. The maximum Gasteiger partial charge on any atom is 0.262 e. The molecule has 0 saturated heterocycles. The third-order valence-corrected chi connectivity index (χ3v) is 4.92. The van der Waals surface area contributed by atoms with Gasteiger partial charge in [0.05, 0.1) is 11.4 Å². The number of aromatic nitrogens is 1. The molecule has 3 aromatic rings. The second-order valence-corrected chi connectivity index (χ2v) is 6.87. The Hall–Kier alpha value is -2.18. The van der Waals surface area contributed by atoms with Crippen LogP contribution in [0.25, 0.3) is 21.8 Å². The quantitative estimate of drug-likeness (QED) is 0.701. The molecule has 0 spiro atoms. The number of halogens is 1. The first-order valence-electron chi connectivity index (χ1n) is 6.97. The topological polar surface area (TPSA) is 51.2 Å². The molecule has 1 aliphatic rings. The standard InChI is InChI=1S/C17H11BrN2O2S/c18-12-4-1-10(2-5-12)17-20-14(9-23-17)11-3-6-15-13(7-11)19-16(21)8-22-15/h1-7,9H,8H2,(H,19,21). The van der Waals surface area contributed by atoms with Gasteiger partial charge < -0.3 is 10.1 Å². The number of ether oxygens (including phenoxy) is 1. The highest BCUT2D eigenvalue weighted by Crippen LogP contribution is 2.34. The number of carbonyl (C=O) groups excluding carboxylic acids is 1. The molecule has 23 heavy (non-hydrogen) atoms. The lowest BCUT2D eigenvalue weighted by Crippen LogP contribution is -2.25. The van der Waals surface area contributed by atoms with Gasteiger partial charge in [-0.3, -0.25) is 4.79 Å². The highest BCUT2D eigenvalue weighted by molar-refractivity contribution is 9.10. The van der Waals surface area contributed by atoms with Crippen LogP contribution in [0.1, 0.15) is 0 Å². The fourth-order valence-corrected chi connectivity index (χ4v) is 3.47. The van der Waals surface area contributed by atoms with Crippen molar-refractivity contribution in [3.63, 3.8) is 0 Å². The first-order valence-corrected chi connectivity index (χ1v) is 8.65. The van der Waals surface area contributed by atoms with Gasteiger partial charge in [0, 0.05) is 21.0 Å². The number of hydrogen-bond donors (Lipinski definition) is 1. The van der Waals surface area contributed by atoms with Crippen LogP contribution >= 0.6 is 27.3 Å². The summed E-state index contributed by atoms with van der Waals surface area (Å²) in [6, 6.07) is 13.8. The minimum atomic E-state index is -0.136. The Balaban J connectivity index is 1.68. The van der Waals surface area contributed by atoms with Gasteiger partial charge in [-0.2, -0.15) is 0 Å². The molecular weight excluding hydrogens is 376 g/mol. The van der Waals surface area contributed by atoms with E-state index in [9.17, 15) is 4.79 Å². The number of fused-ring (bicyclic) bond motifs is 1. The second kappa shape index (κ2) is 5.79. The van der Waals surface area contributed by atoms with Crippen molar-refractivity contribution >= 4 is 38.9 Å². The highest BCUT2D eigenvalue weighted by atomic mass is 79.9. The number of amides is 1. The van der Waals surface area contributed by atoms with Gasteiger partial charge in [-0.1, -0.05) is 28.1 Å². The first kappa shape index (κ1) is 14.4. The Kier molecular flexibility index (Phi) is 3.63. The Morgan fingerprint density at radius 2 is 1.91 bits per heavy atom. The number of carbonyl (C=O) groups is 1. The molecule has 0 unspecified atom stereocenters. The first-order chi connectivity index (χ1) is 11.2.